The Hall–Kier alpha value is 2.86. The molecule has 192 valence electrons. The van der Waals surface area contributed by atoms with Crippen LogP contribution in [0.3, 0.4) is 0 Å². The number of hydrogen-bond donors (Lipinski definition) is 0. The van der Waals surface area contributed by atoms with Crippen LogP contribution in [0.2, 0.25) is 0 Å². The fourth-order valence-corrected chi connectivity index (χ4v) is 3.31. The third-order valence-corrected chi connectivity index (χ3v) is 5.40. The molecule has 21 nitrogen and oxygen atoms in total. The average Bonchev–Trinajstić information content (AvgIpc) is 1.96. The Kier molecular flexibility index (Phi) is 31.1. The Morgan fingerprint density at radius 3 is 0.355 bits per heavy atom. The van der Waals surface area contributed by atoms with E-state index in [4.69, 9.17) is 0 Å². The molecule has 0 aliphatic carbocycles. The zero-order valence-electron chi connectivity index (χ0n) is 12.7. The minimum atomic E-state index is -5.68. The molecule has 0 aromatic carbocycles. The second kappa shape index (κ2) is 19.0. The fourth-order valence-electron chi connectivity index (χ4n) is 0.367. The number of phosphoric acid groups is 6. The molecule has 0 atom stereocenters. The molecule has 0 unspecified atom stereocenters. The third-order valence-electron chi connectivity index (χ3n) is 0.600. The first-order valence-corrected chi connectivity index (χ1v) is 13.1. The van der Waals surface area contributed by atoms with Gasteiger partial charge in [-0.25, -0.2) is 0 Å². The predicted molar refractivity (Wildman–Crippen MR) is 48.9 cm³/mol. The molecule has 0 fully saturated rings. The van der Waals surface area contributed by atoms with Gasteiger partial charge < -0.3 is 99.0 Å². The second-order valence-electron chi connectivity index (χ2n) is 2.93. The Bertz CT molecular complexity index is 559. The van der Waals surface area contributed by atoms with Crippen molar-refractivity contribution in [1.82, 2.24) is 0 Å². The normalized spacial score (nSPS) is 12.0. The molecule has 31 heteroatoms. The molecule has 0 amide bonds. The first-order valence-electron chi connectivity index (χ1n) is 4.38. The maximum atomic E-state index is 9.32. The number of rotatable bonds is 6. The zero-order chi connectivity index (χ0) is 23.1. The molecule has 0 aliphatic rings. The molecule has 0 heterocycles. The van der Waals surface area contributed by atoms with Crippen LogP contribution in [0.25, 0.3) is 0 Å². The second-order valence-corrected chi connectivity index (χ2v) is 10.3. The molecule has 0 spiro atoms. The molecule has 0 aromatic rings. The fraction of sp³-hybridized carbons (Fsp3) is 0. The first kappa shape index (κ1) is 50.7. The number of hydrogen-bond acceptors (Lipinski definition) is 21. The summed E-state index contributed by atoms with van der Waals surface area (Å²) in [4.78, 5) is 112. The minimum absolute atomic E-state index is 0. The van der Waals surface area contributed by atoms with Gasteiger partial charge in [0.15, 0.2) is 0 Å². The molecule has 0 radical (unpaired) electrons. The molecule has 0 rings (SSSR count). The summed E-state index contributed by atoms with van der Waals surface area (Å²) in [5.41, 5.74) is 0. The maximum Gasteiger partial charge on any atom is 2.00 e. The van der Waals surface area contributed by atoms with Crippen LogP contribution in [0.15, 0.2) is 0 Å². The van der Waals surface area contributed by atoms with Gasteiger partial charge in [-0.1, -0.05) is 0 Å². The predicted octanol–water partition coefficient (Wildman–Crippen LogP) is -10.0. The molecular formula is Fe4O21P6-4. The third kappa shape index (κ3) is 71.9. The Labute approximate surface area is 213 Å². The van der Waals surface area contributed by atoms with Crippen molar-refractivity contribution >= 4 is 46.9 Å². The van der Waals surface area contributed by atoms with E-state index in [1.54, 1.807) is 0 Å². The Morgan fingerprint density at radius 1 is 0.290 bits per heavy atom. The molecule has 0 saturated carbocycles. The van der Waals surface area contributed by atoms with Gasteiger partial charge in [0, 0.05) is 0 Å². The van der Waals surface area contributed by atoms with Crippen LogP contribution in [0, 0.1) is 0 Å². The molecule has 0 saturated heterocycles. The zero-order valence-corrected chi connectivity index (χ0v) is 22.5. The van der Waals surface area contributed by atoms with Crippen LogP contribution in [-0.4, -0.2) is 0 Å². The van der Waals surface area contributed by atoms with Gasteiger partial charge in [0.1, 0.15) is 0 Å². The SMILES string of the molecule is O=P([O-])([O-])OP(=O)([O-])[O-].O=P([O-])([O-])OP(=O)([O-])[O-].O=P([O-])([O-])OP(=O)([O-])[O-].[Fe+2].[Fe+2].[Fe+2].[Fe+2]. The molecule has 0 aliphatic heterocycles. The van der Waals surface area contributed by atoms with E-state index in [9.17, 15) is 86.1 Å². The van der Waals surface area contributed by atoms with Gasteiger partial charge in [-0.3, -0.25) is 0 Å². The van der Waals surface area contributed by atoms with Crippen molar-refractivity contribution in [2.75, 3.05) is 0 Å². The average molecular weight is 745 g/mol. The smallest absolute Gasteiger partial charge is 0.790 e. The van der Waals surface area contributed by atoms with E-state index in [0.29, 0.717) is 0 Å². The van der Waals surface area contributed by atoms with Crippen molar-refractivity contribution in [3.05, 3.63) is 0 Å². The van der Waals surface area contributed by atoms with Gasteiger partial charge in [0.05, 0.1) is 46.9 Å². The van der Waals surface area contributed by atoms with Crippen LogP contribution in [0.5, 0.6) is 0 Å². The van der Waals surface area contributed by atoms with Crippen molar-refractivity contribution in [2.45, 2.75) is 0 Å². The quantitative estimate of drug-likeness (QED) is 0.180. The Morgan fingerprint density at radius 2 is 0.355 bits per heavy atom. The van der Waals surface area contributed by atoms with Gasteiger partial charge in [-0.15, -0.1) is 0 Å². The molecule has 0 aromatic heterocycles. The summed E-state index contributed by atoms with van der Waals surface area (Å²) < 4.78 is 63.5. The molecule has 31 heavy (non-hydrogen) atoms. The summed E-state index contributed by atoms with van der Waals surface area (Å²) in [5, 5.41) is 0. The van der Waals surface area contributed by atoms with Crippen molar-refractivity contribution in [1.29, 1.82) is 0 Å². The minimum Gasteiger partial charge on any atom is -0.790 e. The van der Waals surface area contributed by atoms with Crippen LogP contribution in [0.4, 0.5) is 0 Å². The van der Waals surface area contributed by atoms with E-state index in [-0.39, 0.29) is 68.3 Å². The standard InChI is InChI=1S/4Fe.3H4O7P2/c;;;;3*1-8(2,3)7-9(4,5)6/h;;;;3*(H2,1,2,3)(H2,4,5,6)/q4*+2;;;/p-12. The first-order chi connectivity index (χ1) is 11.1. The largest absolute Gasteiger partial charge is 2.00 e. The van der Waals surface area contributed by atoms with E-state index in [1.807, 2.05) is 0 Å². The van der Waals surface area contributed by atoms with Crippen LogP contribution in [-0.2, 0) is 109 Å². The van der Waals surface area contributed by atoms with Gasteiger partial charge in [-0.05, 0) is 0 Å². The van der Waals surface area contributed by atoms with Crippen molar-refractivity contribution in [2.24, 2.45) is 0 Å². The van der Waals surface area contributed by atoms with E-state index < -0.39 is 46.9 Å². The van der Waals surface area contributed by atoms with Crippen LogP contribution in [0.1, 0.15) is 0 Å². The van der Waals surface area contributed by atoms with Crippen molar-refractivity contribution in [3.63, 3.8) is 0 Å². The van der Waals surface area contributed by atoms with E-state index in [1.165, 1.54) is 0 Å². The molecule has 0 bridgehead atoms. The summed E-state index contributed by atoms with van der Waals surface area (Å²) in [5.74, 6) is 0. The van der Waals surface area contributed by atoms with Crippen LogP contribution >= 0.6 is 46.9 Å². The van der Waals surface area contributed by atoms with Gasteiger partial charge >= 0.3 is 68.3 Å². The summed E-state index contributed by atoms with van der Waals surface area (Å²) in [7, 11) is -34.1. The van der Waals surface area contributed by atoms with Crippen molar-refractivity contribution < 1.29 is 167 Å². The topological polar surface area (TPSA) is 407 Å². The van der Waals surface area contributed by atoms with Gasteiger partial charge in [0.2, 0.25) is 0 Å². The monoisotopic (exact) mass is 745 g/mol. The molecule has 0 N–H and O–H groups in total. The van der Waals surface area contributed by atoms with Gasteiger partial charge in [-0.2, -0.15) is 0 Å². The van der Waals surface area contributed by atoms with Crippen LogP contribution < -0.4 is 58.7 Å². The molecular weight excluding hydrogens is 745 g/mol. The maximum absolute atomic E-state index is 9.32. The van der Waals surface area contributed by atoms with Crippen molar-refractivity contribution in [3.8, 4) is 0 Å². The van der Waals surface area contributed by atoms with E-state index in [2.05, 4.69) is 12.9 Å². The summed E-state index contributed by atoms with van der Waals surface area (Å²) in [6.07, 6.45) is 0. The van der Waals surface area contributed by atoms with E-state index >= 15 is 0 Å². The summed E-state index contributed by atoms with van der Waals surface area (Å²) in [6, 6.07) is 0. The summed E-state index contributed by atoms with van der Waals surface area (Å²) in [6.45, 7) is 0. The summed E-state index contributed by atoms with van der Waals surface area (Å²) >= 11 is 0. The van der Waals surface area contributed by atoms with Gasteiger partial charge in [0.25, 0.3) is 0 Å². The van der Waals surface area contributed by atoms with E-state index in [0.717, 1.165) is 0 Å². The Balaban J connectivity index is -0.0000000524.